The Kier molecular flexibility index (Phi) is 5.61. The molecule has 2 N–H and O–H groups in total. The molecule has 0 aromatic heterocycles. The summed E-state index contributed by atoms with van der Waals surface area (Å²) >= 11 is 17.8. The van der Waals surface area contributed by atoms with Crippen molar-refractivity contribution in [1.29, 1.82) is 0 Å². The number of carbonyl (C=O) groups is 2. The number of phenols is 1. The Morgan fingerprint density at radius 2 is 1.96 bits per heavy atom. The maximum atomic E-state index is 12.4. The first-order valence-corrected chi connectivity index (χ1v) is 9.06. The summed E-state index contributed by atoms with van der Waals surface area (Å²) in [5.41, 5.74) is 1.43. The molecule has 26 heavy (non-hydrogen) atoms. The van der Waals surface area contributed by atoms with Crippen molar-refractivity contribution in [2.45, 2.75) is 19.4 Å². The second-order valence-corrected chi connectivity index (χ2v) is 7.07. The van der Waals surface area contributed by atoms with Crippen molar-refractivity contribution in [1.82, 2.24) is 5.32 Å². The zero-order valence-corrected chi connectivity index (χ0v) is 15.8. The van der Waals surface area contributed by atoms with Crippen LogP contribution in [0.2, 0.25) is 15.1 Å². The standard InChI is InChI=1S/C18H15Cl3N2O3/c19-12-8-13(20)17(25)15(16(12)21)18(26)22-9-10-3-1-4-11(7-10)23-6-2-5-14(23)24/h1,3-4,7-8,25H,2,5-6,9H2,(H,22,26). The lowest BCUT2D eigenvalue weighted by atomic mass is 10.1. The SMILES string of the molecule is O=C(NCc1cccc(N2CCCC2=O)c1)c1c(O)c(Cl)cc(Cl)c1Cl. The van der Waals surface area contributed by atoms with E-state index in [1.54, 1.807) is 4.90 Å². The van der Waals surface area contributed by atoms with Gasteiger partial charge >= 0.3 is 0 Å². The number of phenolic OH excluding ortho intramolecular Hbond substituents is 1. The Labute approximate surface area is 165 Å². The van der Waals surface area contributed by atoms with Crippen molar-refractivity contribution in [3.63, 3.8) is 0 Å². The highest BCUT2D eigenvalue weighted by Crippen LogP contribution is 2.38. The van der Waals surface area contributed by atoms with E-state index < -0.39 is 11.7 Å². The number of nitrogens with zero attached hydrogens (tertiary/aromatic N) is 1. The maximum Gasteiger partial charge on any atom is 0.256 e. The summed E-state index contributed by atoms with van der Waals surface area (Å²) in [6.07, 6.45) is 1.39. The highest BCUT2D eigenvalue weighted by molar-refractivity contribution is 6.45. The molecule has 0 spiro atoms. The predicted octanol–water partition coefficient (Wildman–Crippen LogP) is 4.41. The number of amides is 2. The molecule has 0 atom stereocenters. The van der Waals surface area contributed by atoms with Crippen molar-refractivity contribution in [2.75, 3.05) is 11.4 Å². The van der Waals surface area contributed by atoms with Crippen molar-refractivity contribution < 1.29 is 14.7 Å². The van der Waals surface area contributed by atoms with Crippen LogP contribution in [0.15, 0.2) is 30.3 Å². The van der Waals surface area contributed by atoms with E-state index >= 15 is 0 Å². The van der Waals surface area contributed by atoms with Crippen LogP contribution in [0.1, 0.15) is 28.8 Å². The molecule has 1 heterocycles. The summed E-state index contributed by atoms with van der Waals surface area (Å²) in [5, 5.41) is 12.6. The molecule has 2 aromatic rings. The first-order valence-electron chi connectivity index (χ1n) is 7.92. The van der Waals surface area contributed by atoms with Crippen LogP contribution in [0, 0.1) is 0 Å². The molecule has 0 unspecified atom stereocenters. The van der Waals surface area contributed by atoms with Crippen molar-refractivity contribution in [3.8, 4) is 5.75 Å². The van der Waals surface area contributed by atoms with Crippen molar-refractivity contribution in [2.24, 2.45) is 0 Å². The summed E-state index contributed by atoms with van der Waals surface area (Å²) < 4.78 is 0. The molecule has 136 valence electrons. The number of hydrogen-bond donors (Lipinski definition) is 2. The largest absolute Gasteiger partial charge is 0.505 e. The van der Waals surface area contributed by atoms with E-state index in [0.717, 1.165) is 17.7 Å². The fraction of sp³-hybridized carbons (Fsp3) is 0.222. The van der Waals surface area contributed by atoms with Gasteiger partial charge in [0.15, 0.2) is 0 Å². The van der Waals surface area contributed by atoms with Gasteiger partial charge in [0, 0.05) is 25.2 Å². The molecule has 1 aliphatic rings. The number of carbonyl (C=O) groups excluding carboxylic acids is 2. The van der Waals surface area contributed by atoms with Gasteiger partial charge in [-0.25, -0.2) is 0 Å². The molecule has 2 aromatic carbocycles. The van der Waals surface area contributed by atoms with E-state index in [0.29, 0.717) is 13.0 Å². The number of benzene rings is 2. The molecule has 1 aliphatic heterocycles. The lowest BCUT2D eigenvalue weighted by molar-refractivity contribution is -0.117. The van der Waals surface area contributed by atoms with E-state index in [2.05, 4.69) is 5.32 Å². The quantitative estimate of drug-likeness (QED) is 0.730. The van der Waals surface area contributed by atoms with E-state index in [9.17, 15) is 14.7 Å². The van der Waals surface area contributed by atoms with E-state index in [1.165, 1.54) is 6.07 Å². The molecular weight excluding hydrogens is 399 g/mol. The first kappa shape index (κ1) is 18.8. The fourth-order valence-electron chi connectivity index (χ4n) is 2.82. The Balaban J connectivity index is 1.76. The minimum absolute atomic E-state index is 0.0564. The van der Waals surface area contributed by atoms with E-state index in [1.807, 2.05) is 24.3 Å². The highest BCUT2D eigenvalue weighted by atomic mass is 35.5. The molecule has 0 saturated carbocycles. The molecule has 0 bridgehead atoms. The number of aromatic hydroxyl groups is 1. The molecule has 3 rings (SSSR count). The van der Waals surface area contributed by atoms with Crippen LogP contribution in [-0.4, -0.2) is 23.5 Å². The van der Waals surface area contributed by atoms with Gasteiger partial charge < -0.3 is 15.3 Å². The van der Waals surface area contributed by atoms with Gasteiger partial charge in [0.25, 0.3) is 5.91 Å². The summed E-state index contributed by atoms with van der Waals surface area (Å²) in [6.45, 7) is 0.883. The van der Waals surface area contributed by atoms with Gasteiger partial charge in [-0.3, -0.25) is 9.59 Å². The van der Waals surface area contributed by atoms with Crippen LogP contribution in [0.25, 0.3) is 0 Å². The van der Waals surface area contributed by atoms with Gasteiger partial charge in [-0.15, -0.1) is 0 Å². The minimum Gasteiger partial charge on any atom is -0.505 e. The van der Waals surface area contributed by atoms with Crippen molar-refractivity contribution >= 4 is 52.3 Å². The number of hydrogen-bond acceptors (Lipinski definition) is 3. The van der Waals surface area contributed by atoms with Crippen LogP contribution in [0.3, 0.4) is 0 Å². The molecule has 0 radical (unpaired) electrons. The predicted molar refractivity (Wildman–Crippen MR) is 102 cm³/mol. The Hall–Kier alpha value is -1.95. The fourth-order valence-corrected chi connectivity index (χ4v) is 3.51. The second kappa shape index (κ2) is 7.74. The van der Waals surface area contributed by atoms with Crippen molar-refractivity contribution in [3.05, 3.63) is 56.5 Å². The molecule has 5 nitrogen and oxygen atoms in total. The Bertz CT molecular complexity index is 860. The monoisotopic (exact) mass is 412 g/mol. The van der Waals surface area contributed by atoms with E-state index in [4.69, 9.17) is 34.8 Å². The van der Waals surface area contributed by atoms with E-state index in [-0.39, 0.29) is 33.1 Å². The first-order chi connectivity index (χ1) is 12.4. The van der Waals surface area contributed by atoms with Gasteiger partial charge in [-0.05, 0) is 30.2 Å². The zero-order chi connectivity index (χ0) is 18.8. The van der Waals surface area contributed by atoms with Crippen LogP contribution in [0.5, 0.6) is 5.75 Å². The number of nitrogens with one attached hydrogen (secondary N) is 1. The average molecular weight is 414 g/mol. The number of rotatable bonds is 4. The summed E-state index contributed by atoms with van der Waals surface area (Å²) in [7, 11) is 0. The molecule has 0 aliphatic carbocycles. The van der Waals surface area contributed by atoms with Crippen LogP contribution in [-0.2, 0) is 11.3 Å². The third-order valence-electron chi connectivity index (χ3n) is 4.12. The number of anilines is 1. The normalized spacial score (nSPS) is 14.0. The van der Waals surface area contributed by atoms with Crippen LogP contribution in [0.4, 0.5) is 5.69 Å². The third kappa shape index (κ3) is 3.75. The summed E-state index contributed by atoms with van der Waals surface area (Å²) in [5.74, 6) is -0.925. The van der Waals surface area contributed by atoms with Gasteiger partial charge in [-0.2, -0.15) is 0 Å². The van der Waals surface area contributed by atoms with Gasteiger partial charge in [0.1, 0.15) is 11.3 Å². The third-order valence-corrected chi connectivity index (χ3v) is 5.20. The molecular formula is C18H15Cl3N2O3. The number of halogens is 3. The second-order valence-electron chi connectivity index (χ2n) is 5.88. The molecule has 8 heteroatoms. The summed E-state index contributed by atoms with van der Waals surface area (Å²) in [4.78, 5) is 26.0. The average Bonchev–Trinajstić information content (AvgIpc) is 3.05. The molecule has 1 fully saturated rings. The Morgan fingerprint density at radius 3 is 2.65 bits per heavy atom. The van der Waals surface area contributed by atoms with Gasteiger partial charge in [-0.1, -0.05) is 46.9 Å². The topological polar surface area (TPSA) is 69.6 Å². The zero-order valence-electron chi connectivity index (χ0n) is 13.6. The van der Waals surface area contributed by atoms with Crippen LogP contribution < -0.4 is 10.2 Å². The lowest BCUT2D eigenvalue weighted by Gasteiger charge is -2.17. The maximum absolute atomic E-state index is 12.4. The van der Waals surface area contributed by atoms with Gasteiger partial charge in [0.2, 0.25) is 5.91 Å². The highest BCUT2D eigenvalue weighted by Gasteiger charge is 2.23. The molecule has 2 amide bonds. The minimum atomic E-state index is -0.598. The smallest absolute Gasteiger partial charge is 0.256 e. The van der Waals surface area contributed by atoms with Gasteiger partial charge in [0.05, 0.1) is 15.1 Å². The summed E-state index contributed by atoms with van der Waals surface area (Å²) in [6, 6.07) is 8.62. The van der Waals surface area contributed by atoms with Crippen LogP contribution >= 0.6 is 34.8 Å². The molecule has 1 saturated heterocycles. The lowest BCUT2D eigenvalue weighted by Crippen LogP contribution is -2.25. The Morgan fingerprint density at radius 1 is 1.19 bits per heavy atom.